The Balaban J connectivity index is 1.71. The molecule has 0 saturated carbocycles. The lowest BCUT2D eigenvalue weighted by Gasteiger charge is -2.15. The van der Waals surface area contributed by atoms with Gasteiger partial charge in [-0.2, -0.15) is 0 Å². The van der Waals surface area contributed by atoms with Crippen LogP contribution in [0.5, 0.6) is 0 Å². The van der Waals surface area contributed by atoms with E-state index in [1.807, 2.05) is 18.2 Å². The van der Waals surface area contributed by atoms with Crippen LogP contribution in [-0.2, 0) is 6.54 Å². The Bertz CT molecular complexity index is 717. The van der Waals surface area contributed by atoms with E-state index in [-0.39, 0.29) is 5.91 Å². The van der Waals surface area contributed by atoms with Gasteiger partial charge in [-0.05, 0) is 24.3 Å². The minimum atomic E-state index is -0.0573. The lowest BCUT2D eigenvalue weighted by Crippen LogP contribution is -2.26. The van der Waals surface area contributed by atoms with Gasteiger partial charge in [0.15, 0.2) is 5.76 Å². The third kappa shape index (κ3) is 2.86. The average Bonchev–Trinajstić information content (AvgIpc) is 3.18. The predicted molar refractivity (Wildman–Crippen MR) is 76.4 cm³/mol. The van der Waals surface area contributed by atoms with Gasteiger partial charge in [-0.3, -0.25) is 4.79 Å². The molecule has 0 atom stereocenters. The summed E-state index contributed by atoms with van der Waals surface area (Å²) in [5.74, 6) is 1.11. The van der Waals surface area contributed by atoms with Crippen molar-refractivity contribution in [1.29, 1.82) is 0 Å². The number of amides is 1. The number of benzene rings is 1. The van der Waals surface area contributed by atoms with Gasteiger partial charge >= 0.3 is 0 Å². The zero-order chi connectivity index (χ0) is 14.7. The quantitative estimate of drug-likeness (QED) is 0.737. The van der Waals surface area contributed by atoms with Crippen molar-refractivity contribution >= 4 is 5.91 Å². The van der Waals surface area contributed by atoms with Crippen LogP contribution in [0.4, 0.5) is 0 Å². The summed E-state index contributed by atoms with van der Waals surface area (Å²) in [6.45, 7) is 0.373. The van der Waals surface area contributed by atoms with E-state index in [1.54, 1.807) is 48.5 Å². The number of carbonyl (C=O) groups is 1. The van der Waals surface area contributed by atoms with E-state index in [4.69, 9.17) is 8.94 Å². The molecule has 106 valence electrons. The highest BCUT2D eigenvalue weighted by Gasteiger charge is 2.15. The van der Waals surface area contributed by atoms with E-state index in [0.29, 0.717) is 29.3 Å². The number of hydrogen-bond donors (Lipinski definition) is 0. The molecule has 5 heteroatoms. The molecule has 0 saturated heterocycles. The van der Waals surface area contributed by atoms with Gasteiger partial charge in [0.25, 0.3) is 5.91 Å². The molecule has 0 fully saturated rings. The smallest absolute Gasteiger partial charge is 0.253 e. The van der Waals surface area contributed by atoms with E-state index in [2.05, 4.69) is 5.16 Å². The molecule has 1 amide bonds. The molecule has 0 aliphatic rings. The zero-order valence-corrected chi connectivity index (χ0v) is 11.5. The third-order valence-electron chi connectivity index (χ3n) is 3.09. The molecule has 0 aliphatic heterocycles. The molecule has 0 unspecified atom stereocenters. The van der Waals surface area contributed by atoms with Gasteiger partial charge in [-0.25, -0.2) is 0 Å². The minimum Gasteiger partial charge on any atom is -0.461 e. The molecule has 21 heavy (non-hydrogen) atoms. The second-order valence-electron chi connectivity index (χ2n) is 4.69. The molecule has 1 aromatic carbocycles. The summed E-state index contributed by atoms with van der Waals surface area (Å²) in [5, 5.41) is 3.96. The van der Waals surface area contributed by atoms with Crippen molar-refractivity contribution in [3.8, 4) is 11.5 Å². The maximum Gasteiger partial charge on any atom is 0.253 e. The highest BCUT2D eigenvalue weighted by Crippen LogP contribution is 2.21. The largest absolute Gasteiger partial charge is 0.461 e. The number of nitrogens with zero attached hydrogens (tertiary/aromatic N) is 2. The second kappa shape index (κ2) is 5.66. The van der Waals surface area contributed by atoms with Crippen LogP contribution < -0.4 is 0 Å². The van der Waals surface area contributed by atoms with Crippen molar-refractivity contribution in [2.24, 2.45) is 0 Å². The Morgan fingerprint density at radius 2 is 1.95 bits per heavy atom. The molecule has 3 rings (SSSR count). The average molecular weight is 282 g/mol. The highest BCUT2D eigenvalue weighted by molar-refractivity contribution is 5.93. The molecular formula is C16H14N2O3. The zero-order valence-electron chi connectivity index (χ0n) is 11.5. The van der Waals surface area contributed by atoms with Crippen LogP contribution in [-0.4, -0.2) is 23.0 Å². The molecular weight excluding hydrogens is 268 g/mol. The van der Waals surface area contributed by atoms with Gasteiger partial charge in [0, 0.05) is 18.7 Å². The van der Waals surface area contributed by atoms with Gasteiger partial charge in [-0.1, -0.05) is 23.4 Å². The van der Waals surface area contributed by atoms with Crippen LogP contribution in [0.3, 0.4) is 0 Å². The molecule has 0 aliphatic carbocycles. The molecule has 2 heterocycles. The molecule has 0 radical (unpaired) electrons. The van der Waals surface area contributed by atoms with Crippen LogP contribution >= 0.6 is 0 Å². The van der Waals surface area contributed by atoms with Gasteiger partial charge in [-0.15, -0.1) is 0 Å². The van der Waals surface area contributed by atoms with E-state index >= 15 is 0 Å². The van der Waals surface area contributed by atoms with Crippen LogP contribution in [0, 0.1) is 0 Å². The van der Waals surface area contributed by atoms with E-state index in [1.165, 1.54) is 0 Å². The lowest BCUT2D eigenvalue weighted by molar-refractivity contribution is 0.0782. The Hall–Kier alpha value is -2.82. The van der Waals surface area contributed by atoms with Crippen molar-refractivity contribution < 1.29 is 13.7 Å². The number of aromatic nitrogens is 1. The van der Waals surface area contributed by atoms with Crippen LogP contribution in [0.15, 0.2) is 63.7 Å². The molecule has 0 spiro atoms. The summed E-state index contributed by atoms with van der Waals surface area (Å²) < 4.78 is 10.5. The van der Waals surface area contributed by atoms with Crippen molar-refractivity contribution in [3.05, 3.63) is 66.1 Å². The normalized spacial score (nSPS) is 10.5. The maximum atomic E-state index is 12.2. The minimum absolute atomic E-state index is 0.0573. The number of rotatable bonds is 4. The summed E-state index contributed by atoms with van der Waals surface area (Å²) in [7, 11) is 1.73. The first-order valence-corrected chi connectivity index (χ1v) is 6.54. The van der Waals surface area contributed by atoms with E-state index in [9.17, 15) is 4.79 Å². The Labute approximate surface area is 121 Å². The third-order valence-corrected chi connectivity index (χ3v) is 3.09. The first-order valence-electron chi connectivity index (χ1n) is 6.54. The molecule has 0 N–H and O–H groups in total. The maximum absolute atomic E-state index is 12.2. The van der Waals surface area contributed by atoms with Gasteiger partial charge < -0.3 is 13.8 Å². The fraction of sp³-hybridized carbons (Fsp3) is 0.125. The summed E-state index contributed by atoms with van der Waals surface area (Å²) in [5.41, 5.74) is 1.32. The Kier molecular flexibility index (Phi) is 3.55. The Morgan fingerprint density at radius 3 is 2.67 bits per heavy atom. The van der Waals surface area contributed by atoms with E-state index in [0.717, 1.165) is 0 Å². The predicted octanol–water partition coefficient (Wildman–Crippen LogP) is 3.21. The standard InChI is InChI=1S/C16H14N2O3/c1-18(16(19)12-6-3-2-4-7-12)11-13-10-15(21-17-13)14-8-5-9-20-14/h2-10H,11H2,1H3. The first kappa shape index (κ1) is 13.2. The molecule has 0 bridgehead atoms. The SMILES string of the molecule is CN(Cc1cc(-c2ccco2)on1)C(=O)c1ccccc1. The Morgan fingerprint density at radius 1 is 1.14 bits per heavy atom. The fourth-order valence-electron chi connectivity index (χ4n) is 2.04. The summed E-state index contributed by atoms with van der Waals surface area (Å²) in [6, 6.07) is 14.5. The van der Waals surface area contributed by atoms with Gasteiger partial charge in [0.1, 0.15) is 5.69 Å². The fourth-order valence-corrected chi connectivity index (χ4v) is 2.04. The van der Waals surface area contributed by atoms with Crippen LogP contribution in [0.1, 0.15) is 16.1 Å². The van der Waals surface area contributed by atoms with Crippen LogP contribution in [0.2, 0.25) is 0 Å². The topological polar surface area (TPSA) is 59.5 Å². The first-order chi connectivity index (χ1) is 10.2. The summed E-state index contributed by atoms with van der Waals surface area (Å²) in [6.07, 6.45) is 1.57. The van der Waals surface area contributed by atoms with Crippen molar-refractivity contribution in [3.63, 3.8) is 0 Å². The number of furan rings is 1. The monoisotopic (exact) mass is 282 g/mol. The molecule has 5 nitrogen and oxygen atoms in total. The second-order valence-corrected chi connectivity index (χ2v) is 4.69. The highest BCUT2D eigenvalue weighted by atomic mass is 16.5. The van der Waals surface area contributed by atoms with Gasteiger partial charge in [0.05, 0.1) is 12.8 Å². The lowest BCUT2D eigenvalue weighted by atomic mass is 10.2. The van der Waals surface area contributed by atoms with Crippen LogP contribution in [0.25, 0.3) is 11.5 Å². The van der Waals surface area contributed by atoms with E-state index < -0.39 is 0 Å². The van der Waals surface area contributed by atoms with Gasteiger partial charge in [0.2, 0.25) is 5.76 Å². The number of carbonyl (C=O) groups excluding carboxylic acids is 1. The molecule has 3 aromatic rings. The molecule has 2 aromatic heterocycles. The summed E-state index contributed by atoms with van der Waals surface area (Å²) >= 11 is 0. The van der Waals surface area contributed by atoms with Crippen molar-refractivity contribution in [1.82, 2.24) is 10.1 Å². The number of hydrogen-bond acceptors (Lipinski definition) is 4. The van der Waals surface area contributed by atoms with Crippen molar-refractivity contribution in [2.75, 3.05) is 7.05 Å². The van der Waals surface area contributed by atoms with Crippen molar-refractivity contribution in [2.45, 2.75) is 6.54 Å². The summed E-state index contributed by atoms with van der Waals surface area (Å²) in [4.78, 5) is 13.8.